The summed E-state index contributed by atoms with van der Waals surface area (Å²) < 4.78 is 31.1. The molecule has 0 N–H and O–H groups in total. The molecule has 0 fully saturated rings. The summed E-state index contributed by atoms with van der Waals surface area (Å²) in [4.78, 5) is 10.6. The van der Waals surface area contributed by atoms with E-state index < -0.39 is 23.0 Å². The molecule has 27 heavy (non-hydrogen) atoms. The maximum atomic E-state index is 12.5. The zero-order valence-electron chi connectivity index (χ0n) is 14.3. The van der Waals surface area contributed by atoms with Gasteiger partial charge >= 0.3 is 12.3 Å². The number of rotatable bonds is 6. The zero-order valence-corrected chi connectivity index (χ0v) is 15.1. The molecule has 3 rings (SSSR count). The van der Waals surface area contributed by atoms with Gasteiger partial charge in [0.2, 0.25) is 5.75 Å². The SMILES string of the molecule is Cc1ccc(-c2nnc(Sc3ccc([N+](=O)[O-])c(OC(F)F)c3)n2C)cc1. The van der Waals surface area contributed by atoms with Gasteiger partial charge in [0.25, 0.3) is 0 Å². The molecule has 0 saturated carbocycles. The molecule has 0 saturated heterocycles. The smallest absolute Gasteiger partial charge is 0.387 e. The molecule has 3 aromatic rings. The molecule has 0 aliphatic rings. The fraction of sp³-hybridized carbons (Fsp3) is 0.176. The highest BCUT2D eigenvalue weighted by Gasteiger charge is 2.20. The number of hydrogen-bond donors (Lipinski definition) is 0. The van der Waals surface area contributed by atoms with Crippen LogP contribution < -0.4 is 4.74 Å². The molecule has 0 aliphatic heterocycles. The number of benzene rings is 2. The lowest BCUT2D eigenvalue weighted by molar-refractivity contribution is -0.386. The number of ether oxygens (including phenoxy) is 1. The second-order valence-electron chi connectivity index (χ2n) is 5.60. The Morgan fingerprint density at radius 3 is 2.52 bits per heavy atom. The summed E-state index contributed by atoms with van der Waals surface area (Å²) in [6, 6.07) is 11.5. The molecule has 0 spiro atoms. The van der Waals surface area contributed by atoms with Crippen molar-refractivity contribution in [1.29, 1.82) is 0 Å². The Balaban J connectivity index is 1.89. The van der Waals surface area contributed by atoms with Gasteiger partial charge < -0.3 is 9.30 Å². The molecular weight excluding hydrogens is 378 g/mol. The quantitative estimate of drug-likeness (QED) is 0.455. The van der Waals surface area contributed by atoms with E-state index in [0.29, 0.717) is 15.9 Å². The minimum Gasteiger partial charge on any atom is -0.427 e. The zero-order chi connectivity index (χ0) is 19.6. The fourth-order valence-electron chi connectivity index (χ4n) is 2.36. The van der Waals surface area contributed by atoms with Crippen molar-refractivity contribution in [2.75, 3.05) is 0 Å². The second-order valence-corrected chi connectivity index (χ2v) is 6.64. The van der Waals surface area contributed by atoms with Gasteiger partial charge in [-0.2, -0.15) is 8.78 Å². The molecule has 0 amide bonds. The number of hydrogen-bond acceptors (Lipinski definition) is 6. The maximum Gasteiger partial charge on any atom is 0.387 e. The highest BCUT2D eigenvalue weighted by Crippen LogP contribution is 2.36. The number of nitro groups is 1. The lowest BCUT2D eigenvalue weighted by Gasteiger charge is -2.08. The van der Waals surface area contributed by atoms with Crippen LogP contribution in [-0.4, -0.2) is 26.3 Å². The molecule has 1 aromatic heterocycles. The number of halogens is 2. The molecule has 2 aromatic carbocycles. The van der Waals surface area contributed by atoms with Crippen LogP contribution >= 0.6 is 11.8 Å². The van der Waals surface area contributed by atoms with Crippen molar-refractivity contribution in [3.63, 3.8) is 0 Å². The van der Waals surface area contributed by atoms with E-state index in [9.17, 15) is 18.9 Å². The van der Waals surface area contributed by atoms with E-state index in [2.05, 4.69) is 14.9 Å². The monoisotopic (exact) mass is 392 g/mol. The lowest BCUT2D eigenvalue weighted by atomic mass is 10.1. The lowest BCUT2D eigenvalue weighted by Crippen LogP contribution is -2.04. The number of aryl methyl sites for hydroxylation is 1. The summed E-state index contributed by atoms with van der Waals surface area (Å²) in [5, 5.41) is 19.7. The van der Waals surface area contributed by atoms with Gasteiger partial charge in [-0.25, -0.2) is 0 Å². The summed E-state index contributed by atoms with van der Waals surface area (Å²) in [6.07, 6.45) is 0. The molecule has 0 bridgehead atoms. The molecule has 0 aliphatic carbocycles. The molecular formula is C17H14F2N4O3S. The van der Waals surface area contributed by atoms with Gasteiger partial charge in [0.15, 0.2) is 11.0 Å². The second kappa shape index (κ2) is 7.70. The van der Waals surface area contributed by atoms with Crippen LogP contribution in [-0.2, 0) is 7.05 Å². The largest absolute Gasteiger partial charge is 0.427 e. The van der Waals surface area contributed by atoms with Gasteiger partial charge in [0, 0.05) is 29.6 Å². The first kappa shape index (κ1) is 18.8. The van der Waals surface area contributed by atoms with Crippen LogP contribution in [0.15, 0.2) is 52.5 Å². The first-order valence-corrected chi connectivity index (χ1v) is 8.54. The third-order valence-corrected chi connectivity index (χ3v) is 4.73. The first-order chi connectivity index (χ1) is 12.8. The number of alkyl halides is 2. The Labute approximate surface area is 157 Å². The van der Waals surface area contributed by atoms with Gasteiger partial charge in [0.05, 0.1) is 4.92 Å². The normalized spacial score (nSPS) is 11.0. The van der Waals surface area contributed by atoms with Crippen molar-refractivity contribution in [2.45, 2.75) is 23.6 Å². The van der Waals surface area contributed by atoms with Crippen LogP contribution in [0.4, 0.5) is 14.5 Å². The van der Waals surface area contributed by atoms with E-state index in [0.717, 1.165) is 29.0 Å². The molecule has 10 heteroatoms. The number of nitro benzene ring substituents is 1. The van der Waals surface area contributed by atoms with Crippen LogP contribution in [0.3, 0.4) is 0 Å². The summed E-state index contributed by atoms with van der Waals surface area (Å²) >= 11 is 1.14. The topological polar surface area (TPSA) is 83.1 Å². The Hall–Kier alpha value is -3.01. The van der Waals surface area contributed by atoms with Gasteiger partial charge in [-0.05, 0) is 24.8 Å². The fourth-order valence-corrected chi connectivity index (χ4v) is 3.18. The number of aromatic nitrogens is 3. The predicted octanol–water partition coefficient (Wildman–Crippen LogP) is 4.45. The van der Waals surface area contributed by atoms with E-state index in [1.807, 2.05) is 31.2 Å². The third-order valence-electron chi connectivity index (χ3n) is 3.70. The Kier molecular flexibility index (Phi) is 5.36. The van der Waals surface area contributed by atoms with Gasteiger partial charge in [-0.3, -0.25) is 10.1 Å². The highest BCUT2D eigenvalue weighted by atomic mass is 32.2. The Morgan fingerprint density at radius 2 is 1.89 bits per heavy atom. The summed E-state index contributed by atoms with van der Waals surface area (Å²) in [6.45, 7) is -1.18. The van der Waals surface area contributed by atoms with E-state index in [4.69, 9.17) is 0 Å². The third kappa shape index (κ3) is 4.22. The maximum absolute atomic E-state index is 12.5. The van der Waals surface area contributed by atoms with Crippen LogP contribution in [0.5, 0.6) is 5.75 Å². The number of nitrogens with zero attached hydrogens (tertiary/aromatic N) is 4. The van der Waals surface area contributed by atoms with Crippen LogP contribution in [0.2, 0.25) is 0 Å². The molecule has 1 heterocycles. The highest BCUT2D eigenvalue weighted by molar-refractivity contribution is 7.99. The summed E-state index contributed by atoms with van der Waals surface area (Å²) in [5.41, 5.74) is 1.47. The molecule has 0 unspecified atom stereocenters. The van der Waals surface area contributed by atoms with Gasteiger partial charge in [-0.15, -0.1) is 10.2 Å². The van der Waals surface area contributed by atoms with Crippen LogP contribution in [0.25, 0.3) is 11.4 Å². The standard InChI is InChI=1S/C17H14F2N4O3S/c1-10-3-5-11(6-4-10)15-20-21-17(22(15)2)27-12-7-8-13(23(24)25)14(9-12)26-16(18)19/h3-9,16H,1-2H3. The van der Waals surface area contributed by atoms with Crippen molar-refractivity contribution < 1.29 is 18.4 Å². The molecule has 140 valence electrons. The van der Waals surface area contributed by atoms with E-state index in [1.165, 1.54) is 12.1 Å². The average Bonchev–Trinajstić information content (AvgIpc) is 2.96. The van der Waals surface area contributed by atoms with Crippen LogP contribution in [0.1, 0.15) is 5.56 Å². The minimum atomic E-state index is -3.16. The molecule has 7 nitrogen and oxygen atoms in total. The van der Waals surface area contributed by atoms with Crippen molar-refractivity contribution >= 4 is 17.4 Å². The average molecular weight is 392 g/mol. The first-order valence-electron chi connectivity index (χ1n) is 7.72. The summed E-state index contributed by atoms with van der Waals surface area (Å²) in [7, 11) is 1.78. The Morgan fingerprint density at radius 1 is 1.19 bits per heavy atom. The molecule has 0 radical (unpaired) electrons. The van der Waals surface area contributed by atoms with Gasteiger partial charge in [0.1, 0.15) is 0 Å². The predicted molar refractivity (Wildman–Crippen MR) is 95.0 cm³/mol. The van der Waals surface area contributed by atoms with Crippen molar-refractivity contribution in [3.05, 3.63) is 58.1 Å². The van der Waals surface area contributed by atoms with Gasteiger partial charge in [-0.1, -0.05) is 29.8 Å². The van der Waals surface area contributed by atoms with Crippen molar-refractivity contribution in [3.8, 4) is 17.1 Å². The van der Waals surface area contributed by atoms with Crippen LogP contribution in [0, 0.1) is 17.0 Å². The van der Waals surface area contributed by atoms with E-state index in [-0.39, 0.29) is 0 Å². The summed E-state index contributed by atoms with van der Waals surface area (Å²) in [5.74, 6) is 0.143. The van der Waals surface area contributed by atoms with E-state index in [1.54, 1.807) is 11.6 Å². The van der Waals surface area contributed by atoms with Crippen molar-refractivity contribution in [1.82, 2.24) is 14.8 Å². The van der Waals surface area contributed by atoms with Crippen molar-refractivity contribution in [2.24, 2.45) is 7.05 Å². The minimum absolute atomic E-state index is 0.460. The Bertz CT molecular complexity index is 977. The molecule has 0 atom stereocenters. The van der Waals surface area contributed by atoms with E-state index >= 15 is 0 Å².